The van der Waals surface area contributed by atoms with E-state index in [1.165, 1.54) is 22.8 Å². The van der Waals surface area contributed by atoms with Crippen LogP contribution in [-0.2, 0) is 6.42 Å². The maximum atomic E-state index is 13.1. The van der Waals surface area contributed by atoms with Crippen molar-refractivity contribution in [3.63, 3.8) is 0 Å². The Morgan fingerprint density at radius 1 is 1.21 bits per heavy atom. The summed E-state index contributed by atoms with van der Waals surface area (Å²) in [4.78, 5) is 13.1. The monoisotopic (exact) mass is 468 g/mol. The molecule has 0 aromatic heterocycles. The maximum Gasteiger partial charge on any atom is 0.172 e. The molecular weight excluding hydrogens is 424 g/mol. The summed E-state index contributed by atoms with van der Waals surface area (Å²) in [5.41, 5.74) is 3.85. The van der Waals surface area contributed by atoms with Gasteiger partial charge in [-0.3, -0.25) is 4.79 Å². The number of aromatic hydroxyl groups is 2. The standard InChI is InChI=1S/C30H44O4/c1-19(2)10-9-11-21(5)14-17-24-25(31)18-26(27(29(24)33)28(32)20(3)4)34-30(7,8)23-15-12-22(6)13-16-23/h10,12,14,18,20,23,31,33H,9,11,13,15-17H2,1-8H3/b21-14+. The van der Waals surface area contributed by atoms with E-state index in [-0.39, 0.29) is 40.4 Å². The zero-order valence-electron chi connectivity index (χ0n) is 22.4. The van der Waals surface area contributed by atoms with Gasteiger partial charge in [0.05, 0.1) is 0 Å². The zero-order valence-corrected chi connectivity index (χ0v) is 22.4. The molecule has 0 aliphatic heterocycles. The second-order valence-electron chi connectivity index (χ2n) is 10.9. The van der Waals surface area contributed by atoms with Crippen LogP contribution in [0.1, 0.15) is 103 Å². The summed E-state index contributed by atoms with van der Waals surface area (Å²) in [6.07, 6.45) is 11.6. The van der Waals surface area contributed by atoms with Crippen molar-refractivity contribution in [3.05, 3.63) is 52.1 Å². The Kier molecular flexibility index (Phi) is 9.61. The molecule has 0 saturated heterocycles. The zero-order chi connectivity index (χ0) is 25.6. The second-order valence-corrected chi connectivity index (χ2v) is 10.9. The van der Waals surface area contributed by atoms with E-state index in [2.05, 4.69) is 32.9 Å². The van der Waals surface area contributed by atoms with Gasteiger partial charge in [-0.15, -0.1) is 0 Å². The highest BCUT2D eigenvalue weighted by molar-refractivity contribution is 6.03. The molecule has 2 N–H and O–H groups in total. The highest BCUT2D eigenvalue weighted by Gasteiger charge is 2.35. The smallest absolute Gasteiger partial charge is 0.172 e. The highest BCUT2D eigenvalue weighted by atomic mass is 16.5. The molecule has 0 heterocycles. The molecule has 1 aromatic rings. The van der Waals surface area contributed by atoms with Crippen LogP contribution in [0.25, 0.3) is 0 Å². The quantitative estimate of drug-likeness (QED) is 0.269. The summed E-state index contributed by atoms with van der Waals surface area (Å²) < 4.78 is 6.40. The molecule has 0 radical (unpaired) electrons. The van der Waals surface area contributed by atoms with Crippen molar-refractivity contribution in [2.24, 2.45) is 11.8 Å². The molecule has 4 nitrogen and oxygen atoms in total. The third-order valence-corrected chi connectivity index (χ3v) is 6.86. The van der Waals surface area contributed by atoms with Gasteiger partial charge in [0.15, 0.2) is 5.78 Å². The molecule has 2 rings (SSSR count). The molecule has 1 unspecified atom stereocenters. The number of phenols is 2. The maximum absolute atomic E-state index is 13.1. The predicted molar refractivity (Wildman–Crippen MR) is 141 cm³/mol. The van der Waals surface area contributed by atoms with Crippen molar-refractivity contribution in [3.8, 4) is 17.2 Å². The van der Waals surface area contributed by atoms with E-state index >= 15 is 0 Å². The Bertz CT molecular complexity index is 972. The molecule has 0 saturated carbocycles. The van der Waals surface area contributed by atoms with Crippen molar-refractivity contribution in [2.45, 2.75) is 99.5 Å². The fourth-order valence-corrected chi connectivity index (χ4v) is 4.41. The van der Waals surface area contributed by atoms with Crippen molar-refractivity contribution in [1.29, 1.82) is 0 Å². The van der Waals surface area contributed by atoms with Gasteiger partial charge < -0.3 is 14.9 Å². The van der Waals surface area contributed by atoms with Crippen molar-refractivity contribution < 1.29 is 19.7 Å². The largest absolute Gasteiger partial charge is 0.507 e. The van der Waals surface area contributed by atoms with Crippen LogP contribution in [-0.4, -0.2) is 21.6 Å². The van der Waals surface area contributed by atoms with Crippen LogP contribution in [0.2, 0.25) is 0 Å². The van der Waals surface area contributed by atoms with Crippen LogP contribution >= 0.6 is 0 Å². The summed E-state index contributed by atoms with van der Waals surface area (Å²) in [6, 6.07) is 1.52. The molecular formula is C30H44O4. The Morgan fingerprint density at radius 3 is 2.44 bits per heavy atom. The van der Waals surface area contributed by atoms with E-state index in [0.717, 1.165) is 32.1 Å². The van der Waals surface area contributed by atoms with Crippen LogP contribution in [0.5, 0.6) is 17.2 Å². The lowest BCUT2D eigenvalue weighted by molar-refractivity contribution is 0.0368. The molecule has 0 bridgehead atoms. The number of carbonyl (C=O) groups excluding carboxylic acids is 1. The van der Waals surface area contributed by atoms with Gasteiger partial charge in [-0.2, -0.15) is 0 Å². The van der Waals surface area contributed by atoms with E-state index < -0.39 is 5.60 Å². The first-order chi connectivity index (χ1) is 15.8. The lowest BCUT2D eigenvalue weighted by Gasteiger charge is -2.37. The number of carbonyl (C=O) groups is 1. The van der Waals surface area contributed by atoms with Gasteiger partial charge in [0, 0.05) is 23.5 Å². The molecule has 0 fully saturated rings. The summed E-state index contributed by atoms with van der Waals surface area (Å²) in [6.45, 7) is 16.0. The minimum atomic E-state index is -0.551. The van der Waals surface area contributed by atoms with E-state index in [0.29, 0.717) is 12.0 Å². The lowest BCUT2D eigenvalue weighted by Crippen LogP contribution is -2.38. The fraction of sp³-hybridized carbons (Fsp3) is 0.567. The number of hydrogen-bond acceptors (Lipinski definition) is 4. The number of ether oxygens (including phenoxy) is 1. The van der Waals surface area contributed by atoms with Crippen LogP contribution in [0.3, 0.4) is 0 Å². The van der Waals surface area contributed by atoms with Crippen LogP contribution in [0, 0.1) is 11.8 Å². The summed E-state index contributed by atoms with van der Waals surface area (Å²) in [5, 5.41) is 22.0. The second kappa shape index (κ2) is 11.8. The first-order valence-electron chi connectivity index (χ1n) is 12.6. The van der Waals surface area contributed by atoms with Gasteiger partial charge in [0.2, 0.25) is 0 Å². The molecule has 34 heavy (non-hydrogen) atoms. The Hall–Kier alpha value is -2.49. The molecule has 1 aromatic carbocycles. The Balaban J connectivity index is 2.39. The van der Waals surface area contributed by atoms with Crippen molar-refractivity contribution in [1.82, 2.24) is 0 Å². The van der Waals surface area contributed by atoms with Crippen LogP contribution < -0.4 is 4.74 Å². The number of rotatable bonds is 10. The number of allylic oxidation sites excluding steroid dienone is 6. The number of phenolic OH excluding ortho intramolecular Hbond substituents is 2. The fourth-order valence-electron chi connectivity index (χ4n) is 4.41. The minimum Gasteiger partial charge on any atom is -0.507 e. The number of ketones is 1. The van der Waals surface area contributed by atoms with E-state index in [4.69, 9.17) is 4.74 Å². The summed E-state index contributed by atoms with van der Waals surface area (Å²) >= 11 is 0. The molecule has 1 aliphatic rings. The van der Waals surface area contributed by atoms with Gasteiger partial charge in [-0.25, -0.2) is 0 Å². The topological polar surface area (TPSA) is 66.8 Å². The summed E-state index contributed by atoms with van der Waals surface area (Å²) in [5.74, 6) is -0.163. The lowest BCUT2D eigenvalue weighted by atomic mass is 9.79. The van der Waals surface area contributed by atoms with Gasteiger partial charge in [-0.1, -0.05) is 48.8 Å². The SMILES string of the molecule is CC(C)=CCC/C(C)=C/Cc1c(O)cc(OC(C)(C)C2CC=C(C)CC2)c(C(=O)C(C)C)c1O. The van der Waals surface area contributed by atoms with Crippen molar-refractivity contribution in [2.75, 3.05) is 0 Å². The highest BCUT2D eigenvalue weighted by Crippen LogP contribution is 2.43. The predicted octanol–water partition coefficient (Wildman–Crippen LogP) is 8.08. The molecule has 1 aliphatic carbocycles. The van der Waals surface area contributed by atoms with Gasteiger partial charge in [0.1, 0.15) is 28.4 Å². The first kappa shape index (κ1) is 27.8. The normalized spacial score (nSPS) is 16.9. The average Bonchev–Trinajstić information content (AvgIpc) is 2.72. The Morgan fingerprint density at radius 2 is 1.88 bits per heavy atom. The van der Waals surface area contributed by atoms with Gasteiger partial charge in [-0.05, 0) is 80.1 Å². The Labute approximate surface area is 206 Å². The van der Waals surface area contributed by atoms with E-state index in [1.807, 2.05) is 40.7 Å². The molecule has 4 heteroatoms. The summed E-state index contributed by atoms with van der Waals surface area (Å²) in [7, 11) is 0. The van der Waals surface area contributed by atoms with Crippen LogP contribution in [0.4, 0.5) is 0 Å². The van der Waals surface area contributed by atoms with Crippen LogP contribution in [0.15, 0.2) is 41.0 Å². The molecule has 188 valence electrons. The number of Topliss-reactive ketones (excluding diaryl/α,β-unsaturated/α-hetero) is 1. The molecule has 0 amide bonds. The van der Waals surface area contributed by atoms with Gasteiger partial charge >= 0.3 is 0 Å². The molecule has 0 spiro atoms. The number of benzene rings is 1. The third-order valence-electron chi connectivity index (χ3n) is 6.86. The average molecular weight is 469 g/mol. The minimum absolute atomic E-state index is 0.0451. The third kappa shape index (κ3) is 7.25. The van der Waals surface area contributed by atoms with Crippen molar-refractivity contribution >= 4 is 5.78 Å². The van der Waals surface area contributed by atoms with E-state index in [9.17, 15) is 15.0 Å². The van der Waals surface area contributed by atoms with E-state index in [1.54, 1.807) is 0 Å². The molecule has 1 atom stereocenters. The van der Waals surface area contributed by atoms with Gasteiger partial charge in [0.25, 0.3) is 0 Å². The first-order valence-corrected chi connectivity index (χ1v) is 12.6. The number of hydrogen-bond donors (Lipinski definition) is 2.